The molecule has 7 heteroatoms. The van der Waals surface area contributed by atoms with Gasteiger partial charge in [0, 0.05) is 50.1 Å². The molecule has 128 valence electrons. The number of benzene rings is 1. The number of hydrogen-bond donors (Lipinski definition) is 1. The summed E-state index contributed by atoms with van der Waals surface area (Å²) in [4.78, 5) is 8.38. The molecule has 3 rings (SSSR count). The van der Waals surface area contributed by atoms with Crippen LogP contribution in [0.15, 0.2) is 36.7 Å². The fourth-order valence-electron chi connectivity index (χ4n) is 2.92. The number of β-amino-alcohol motifs (C(OH)–C–C–N with tert-alkyl or cyclic N) is 1. The zero-order chi connectivity index (χ0) is 17.1. The van der Waals surface area contributed by atoms with Crippen LogP contribution in [0.25, 0.3) is 0 Å². The van der Waals surface area contributed by atoms with Gasteiger partial charge in [0.15, 0.2) is 0 Å². The van der Waals surface area contributed by atoms with E-state index in [2.05, 4.69) is 14.8 Å². The van der Waals surface area contributed by atoms with Crippen molar-refractivity contribution in [2.45, 2.75) is 6.10 Å². The van der Waals surface area contributed by atoms with Gasteiger partial charge in [0.25, 0.3) is 0 Å². The highest BCUT2D eigenvalue weighted by Gasteiger charge is 2.23. The van der Waals surface area contributed by atoms with Crippen molar-refractivity contribution in [1.82, 2.24) is 9.88 Å². The van der Waals surface area contributed by atoms with E-state index in [1.165, 1.54) is 0 Å². The Morgan fingerprint density at radius 2 is 1.71 bits per heavy atom. The van der Waals surface area contributed by atoms with Crippen molar-refractivity contribution in [2.75, 3.05) is 37.6 Å². The van der Waals surface area contributed by atoms with Crippen LogP contribution in [0.1, 0.15) is 11.7 Å². The molecule has 0 radical (unpaired) electrons. The summed E-state index contributed by atoms with van der Waals surface area (Å²) in [5, 5.41) is 12.2. The maximum Gasteiger partial charge on any atom is 0.0917 e. The smallest absolute Gasteiger partial charge is 0.0917 e. The minimum Gasteiger partial charge on any atom is -0.387 e. The van der Waals surface area contributed by atoms with Gasteiger partial charge >= 0.3 is 0 Å². The quantitative estimate of drug-likeness (QED) is 0.865. The summed E-state index contributed by atoms with van der Waals surface area (Å²) < 4.78 is 0. The van der Waals surface area contributed by atoms with Crippen LogP contribution in [0.4, 0.5) is 5.69 Å². The first-order valence-electron chi connectivity index (χ1n) is 7.74. The number of hydrogen-bond acceptors (Lipinski definition) is 4. The molecule has 1 aliphatic rings. The van der Waals surface area contributed by atoms with Gasteiger partial charge in [-0.15, -0.1) is 0 Å². The number of aliphatic hydroxyl groups excluding tert-OH is 1. The number of aromatic nitrogens is 1. The van der Waals surface area contributed by atoms with E-state index in [-0.39, 0.29) is 0 Å². The lowest BCUT2D eigenvalue weighted by atomic mass is 10.1. The standard InChI is InChI=1S/C17H18Cl3N3O/c18-13-3-1-2-12(8-13)16(24)11-22-4-6-23(7-5-22)17-14(19)9-21-10-15(17)20/h1-3,8-10,16,24H,4-7,11H2. The van der Waals surface area contributed by atoms with Crippen LogP contribution in [0.3, 0.4) is 0 Å². The summed E-state index contributed by atoms with van der Waals surface area (Å²) in [5.41, 5.74) is 1.67. The molecule has 1 aliphatic heterocycles. The largest absolute Gasteiger partial charge is 0.387 e. The molecular weight excluding hydrogens is 369 g/mol. The summed E-state index contributed by atoms with van der Waals surface area (Å²) in [6, 6.07) is 7.35. The second-order valence-corrected chi connectivity index (χ2v) is 7.06. The monoisotopic (exact) mass is 385 g/mol. The summed E-state index contributed by atoms with van der Waals surface area (Å²) in [7, 11) is 0. The molecule has 1 aromatic carbocycles. The lowest BCUT2D eigenvalue weighted by molar-refractivity contribution is 0.109. The molecule has 0 saturated carbocycles. The molecule has 1 N–H and O–H groups in total. The maximum atomic E-state index is 10.4. The van der Waals surface area contributed by atoms with Crippen molar-refractivity contribution in [2.24, 2.45) is 0 Å². The highest BCUT2D eigenvalue weighted by atomic mass is 35.5. The van der Waals surface area contributed by atoms with Crippen molar-refractivity contribution < 1.29 is 5.11 Å². The third kappa shape index (κ3) is 4.13. The molecule has 1 atom stereocenters. The van der Waals surface area contributed by atoms with Gasteiger partial charge in [-0.05, 0) is 17.7 Å². The molecule has 0 bridgehead atoms. The van der Waals surface area contributed by atoms with Crippen LogP contribution >= 0.6 is 34.8 Å². The van der Waals surface area contributed by atoms with E-state index in [9.17, 15) is 5.11 Å². The Balaban J connectivity index is 1.59. The summed E-state index contributed by atoms with van der Waals surface area (Å²) >= 11 is 18.4. The minimum absolute atomic E-state index is 0.552. The number of halogens is 3. The Morgan fingerprint density at radius 3 is 2.33 bits per heavy atom. The van der Waals surface area contributed by atoms with Gasteiger partial charge < -0.3 is 10.0 Å². The van der Waals surface area contributed by atoms with Crippen LogP contribution in [-0.4, -0.2) is 47.7 Å². The lowest BCUT2D eigenvalue weighted by Gasteiger charge is -2.37. The van der Waals surface area contributed by atoms with Crippen molar-refractivity contribution in [3.63, 3.8) is 0 Å². The van der Waals surface area contributed by atoms with Gasteiger partial charge in [-0.1, -0.05) is 46.9 Å². The first kappa shape index (κ1) is 17.8. The Kier molecular flexibility index (Phi) is 5.85. The van der Waals surface area contributed by atoms with Crippen LogP contribution in [0.2, 0.25) is 15.1 Å². The molecule has 1 fully saturated rings. The number of nitrogens with zero attached hydrogens (tertiary/aromatic N) is 3. The fraction of sp³-hybridized carbons (Fsp3) is 0.353. The van der Waals surface area contributed by atoms with Gasteiger partial charge in [0.2, 0.25) is 0 Å². The highest BCUT2D eigenvalue weighted by molar-refractivity contribution is 6.38. The van der Waals surface area contributed by atoms with Crippen molar-refractivity contribution in [3.8, 4) is 0 Å². The molecule has 1 saturated heterocycles. The molecule has 4 nitrogen and oxygen atoms in total. The summed E-state index contributed by atoms with van der Waals surface area (Å²) in [6.45, 7) is 3.82. The van der Waals surface area contributed by atoms with Gasteiger partial charge in [0.05, 0.1) is 21.8 Å². The average Bonchev–Trinajstić information content (AvgIpc) is 2.56. The van der Waals surface area contributed by atoms with E-state index in [0.717, 1.165) is 37.4 Å². The number of aliphatic hydroxyl groups is 1. The molecule has 2 heterocycles. The van der Waals surface area contributed by atoms with Crippen molar-refractivity contribution in [1.29, 1.82) is 0 Å². The number of pyridine rings is 1. The number of piperazine rings is 1. The molecular formula is C17H18Cl3N3O. The molecule has 1 unspecified atom stereocenters. The second-order valence-electron chi connectivity index (χ2n) is 5.81. The summed E-state index contributed by atoms with van der Waals surface area (Å²) in [6.07, 6.45) is 2.67. The molecule has 1 aromatic heterocycles. The molecule has 0 spiro atoms. The van der Waals surface area contributed by atoms with Crippen LogP contribution in [0.5, 0.6) is 0 Å². The number of anilines is 1. The van der Waals surface area contributed by atoms with Gasteiger partial charge in [-0.25, -0.2) is 0 Å². The van der Waals surface area contributed by atoms with Gasteiger partial charge in [0.1, 0.15) is 0 Å². The zero-order valence-electron chi connectivity index (χ0n) is 13.0. The molecule has 0 amide bonds. The Labute approximate surface area is 156 Å². The van der Waals surface area contributed by atoms with Crippen LogP contribution in [-0.2, 0) is 0 Å². The van der Waals surface area contributed by atoms with E-state index in [4.69, 9.17) is 34.8 Å². The van der Waals surface area contributed by atoms with Gasteiger partial charge in [-0.3, -0.25) is 9.88 Å². The van der Waals surface area contributed by atoms with E-state index < -0.39 is 6.10 Å². The van der Waals surface area contributed by atoms with E-state index in [1.807, 2.05) is 12.1 Å². The van der Waals surface area contributed by atoms with E-state index in [1.54, 1.807) is 24.5 Å². The topological polar surface area (TPSA) is 39.6 Å². The predicted octanol–water partition coefficient (Wildman–Crippen LogP) is 3.90. The normalized spacial score (nSPS) is 17.1. The van der Waals surface area contributed by atoms with Crippen molar-refractivity contribution >= 4 is 40.5 Å². The molecule has 2 aromatic rings. The van der Waals surface area contributed by atoms with Crippen molar-refractivity contribution in [3.05, 3.63) is 57.3 Å². The summed E-state index contributed by atoms with van der Waals surface area (Å²) in [5.74, 6) is 0. The Hall–Kier alpha value is -1.04. The third-order valence-electron chi connectivity index (χ3n) is 4.18. The molecule has 0 aliphatic carbocycles. The lowest BCUT2D eigenvalue weighted by Crippen LogP contribution is -2.47. The second kappa shape index (κ2) is 7.89. The average molecular weight is 387 g/mol. The Morgan fingerprint density at radius 1 is 1.04 bits per heavy atom. The SMILES string of the molecule is OC(CN1CCN(c2c(Cl)cncc2Cl)CC1)c1cccc(Cl)c1. The first-order chi connectivity index (χ1) is 11.5. The highest BCUT2D eigenvalue weighted by Crippen LogP contribution is 2.33. The van der Waals surface area contributed by atoms with Crippen LogP contribution < -0.4 is 4.90 Å². The minimum atomic E-state index is -0.552. The van der Waals surface area contributed by atoms with Gasteiger partial charge in [-0.2, -0.15) is 0 Å². The predicted molar refractivity (Wildman–Crippen MR) is 99.3 cm³/mol. The maximum absolute atomic E-state index is 10.4. The third-order valence-corrected chi connectivity index (χ3v) is 4.97. The fourth-order valence-corrected chi connectivity index (χ4v) is 3.73. The first-order valence-corrected chi connectivity index (χ1v) is 8.88. The molecule has 24 heavy (non-hydrogen) atoms. The van der Waals surface area contributed by atoms with E-state index >= 15 is 0 Å². The number of rotatable bonds is 4. The zero-order valence-corrected chi connectivity index (χ0v) is 15.3. The van der Waals surface area contributed by atoms with Crippen LogP contribution in [0, 0.1) is 0 Å². The van der Waals surface area contributed by atoms with E-state index in [0.29, 0.717) is 21.6 Å². The Bertz CT molecular complexity index is 685.